The van der Waals surface area contributed by atoms with Gasteiger partial charge in [-0.15, -0.1) is 0 Å². The van der Waals surface area contributed by atoms with Crippen LogP contribution in [0.2, 0.25) is 0 Å². The summed E-state index contributed by atoms with van der Waals surface area (Å²) in [4.78, 5) is 29.8. The third-order valence-electron chi connectivity index (χ3n) is 4.01. The number of hydrogen-bond donors (Lipinski definition) is 2. The maximum absolute atomic E-state index is 12.9. The van der Waals surface area contributed by atoms with E-state index in [4.69, 9.17) is 0 Å². The molecule has 3 rings (SSSR count). The molecule has 0 aliphatic heterocycles. The minimum Gasteiger partial charge on any atom is -0.325 e. The minimum atomic E-state index is -0.352. The molecule has 0 radical (unpaired) electrons. The van der Waals surface area contributed by atoms with E-state index in [1.807, 2.05) is 26.1 Å². The summed E-state index contributed by atoms with van der Waals surface area (Å²) in [5, 5.41) is 2.72. The Morgan fingerprint density at radius 1 is 1.23 bits per heavy atom. The van der Waals surface area contributed by atoms with E-state index >= 15 is 0 Å². The Labute approximate surface area is 149 Å². The molecule has 0 spiro atoms. The fourth-order valence-electron chi connectivity index (χ4n) is 2.84. The molecule has 6 nitrogen and oxygen atoms in total. The van der Waals surface area contributed by atoms with Gasteiger partial charge in [-0.3, -0.25) is 14.0 Å². The highest BCUT2D eigenvalue weighted by molar-refractivity contribution is 5.91. The second-order valence-corrected chi connectivity index (χ2v) is 6.31. The van der Waals surface area contributed by atoms with Crippen LogP contribution in [0.25, 0.3) is 5.65 Å². The van der Waals surface area contributed by atoms with Crippen LogP contribution < -0.4 is 15.8 Å². The van der Waals surface area contributed by atoms with Crippen LogP contribution in [0.4, 0.5) is 10.1 Å². The monoisotopic (exact) mass is 355 g/mol. The molecule has 3 aromatic rings. The number of aryl methyl sites for hydroxylation is 1. The number of quaternary nitrogens is 1. The Morgan fingerprint density at radius 3 is 2.69 bits per heavy atom. The van der Waals surface area contributed by atoms with Gasteiger partial charge in [0.05, 0.1) is 7.05 Å². The molecule has 134 valence electrons. The summed E-state index contributed by atoms with van der Waals surface area (Å²) >= 11 is 0. The lowest BCUT2D eigenvalue weighted by atomic mass is 10.3. The molecule has 2 N–H and O–H groups in total. The minimum absolute atomic E-state index is 0.133. The van der Waals surface area contributed by atoms with Gasteiger partial charge in [-0.2, -0.15) is 0 Å². The summed E-state index contributed by atoms with van der Waals surface area (Å²) in [6.45, 7) is 2.50. The lowest BCUT2D eigenvalue weighted by molar-refractivity contribution is -0.885. The molecule has 1 aromatic carbocycles. The molecule has 2 heterocycles. The van der Waals surface area contributed by atoms with Crippen molar-refractivity contribution in [3.63, 3.8) is 0 Å². The van der Waals surface area contributed by atoms with E-state index in [9.17, 15) is 14.0 Å². The van der Waals surface area contributed by atoms with Gasteiger partial charge in [0.25, 0.3) is 11.5 Å². The molecule has 0 aliphatic carbocycles. The van der Waals surface area contributed by atoms with Crippen molar-refractivity contribution in [1.82, 2.24) is 9.38 Å². The number of benzene rings is 1. The summed E-state index contributed by atoms with van der Waals surface area (Å²) in [6.07, 6.45) is 0. The van der Waals surface area contributed by atoms with E-state index < -0.39 is 0 Å². The largest absolute Gasteiger partial charge is 0.325 e. The first-order valence-electron chi connectivity index (χ1n) is 8.27. The van der Waals surface area contributed by atoms with E-state index in [0.29, 0.717) is 23.6 Å². The van der Waals surface area contributed by atoms with Crippen molar-refractivity contribution in [1.29, 1.82) is 0 Å². The maximum atomic E-state index is 12.9. The van der Waals surface area contributed by atoms with E-state index in [1.54, 1.807) is 10.5 Å². The van der Waals surface area contributed by atoms with E-state index in [1.165, 1.54) is 30.3 Å². The summed E-state index contributed by atoms with van der Waals surface area (Å²) < 4.78 is 14.4. The van der Waals surface area contributed by atoms with Crippen molar-refractivity contribution in [2.75, 3.05) is 18.9 Å². The number of carbonyl (C=O) groups is 1. The van der Waals surface area contributed by atoms with Crippen molar-refractivity contribution in [3.8, 4) is 0 Å². The molecule has 0 saturated heterocycles. The second-order valence-electron chi connectivity index (χ2n) is 6.31. The number of amides is 1. The van der Waals surface area contributed by atoms with Crippen molar-refractivity contribution in [3.05, 3.63) is 76.1 Å². The Bertz CT molecular complexity index is 999. The molecule has 0 aliphatic rings. The topological polar surface area (TPSA) is 67.9 Å². The highest BCUT2D eigenvalue weighted by Gasteiger charge is 2.13. The Hall–Kier alpha value is -3.06. The van der Waals surface area contributed by atoms with Crippen LogP contribution in [-0.2, 0) is 11.3 Å². The number of rotatable bonds is 5. The Kier molecular flexibility index (Phi) is 5.09. The van der Waals surface area contributed by atoms with Crippen molar-refractivity contribution >= 4 is 17.2 Å². The van der Waals surface area contributed by atoms with Gasteiger partial charge in [0.2, 0.25) is 0 Å². The number of halogens is 1. The first-order valence-corrected chi connectivity index (χ1v) is 8.27. The number of hydrogen-bond acceptors (Lipinski definition) is 3. The van der Waals surface area contributed by atoms with Gasteiger partial charge < -0.3 is 10.2 Å². The standard InChI is InChI=1S/C19H19FN4O2/c1-13-4-3-5-17-21-16(10-19(26)24(13)17)11-23(2)12-18(25)22-15-8-6-14(20)7-9-15/h3-10H,11-12H2,1-2H3,(H,22,25)/p+1. The fourth-order valence-corrected chi connectivity index (χ4v) is 2.84. The lowest BCUT2D eigenvalue weighted by Gasteiger charge is -2.14. The van der Waals surface area contributed by atoms with Crippen LogP contribution in [0.1, 0.15) is 11.4 Å². The summed E-state index contributed by atoms with van der Waals surface area (Å²) in [5.74, 6) is -0.544. The third kappa shape index (κ3) is 4.12. The number of fused-ring (bicyclic) bond motifs is 1. The molecular formula is C19H20FN4O2+. The first kappa shape index (κ1) is 17.8. The molecule has 26 heavy (non-hydrogen) atoms. The number of aromatic nitrogens is 2. The fraction of sp³-hybridized carbons (Fsp3) is 0.211. The zero-order valence-electron chi connectivity index (χ0n) is 14.6. The van der Waals surface area contributed by atoms with Crippen molar-refractivity contribution in [2.24, 2.45) is 0 Å². The number of pyridine rings is 1. The average molecular weight is 355 g/mol. The highest BCUT2D eigenvalue weighted by Crippen LogP contribution is 2.07. The van der Waals surface area contributed by atoms with Gasteiger partial charge in [-0.05, 0) is 43.3 Å². The smallest absolute Gasteiger partial charge is 0.279 e. The zero-order chi connectivity index (χ0) is 18.7. The van der Waals surface area contributed by atoms with Crippen LogP contribution in [0.3, 0.4) is 0 Å². The summed E-state index contributed by atoms with van der Waals surface area (Å²) in [7, 11) is 1.85. The Morgan fingerprint density at radius 2 is 1.96 bits per heavy atom. The van der Waals surface area contributed by atoms with Gasteiger partial charge in [0, 0.05) is 17.4 Å². The summed E-state index contributed by atoms with van der Waals surface area (Å²) in [6, 6.07) is 12.6. The van der Waals surface area contributed by atoms with E-state index in [2.05, 4.69) is 10.3 Å². The quantitative estimate of drug-likeness (QED) is 0.711. The molecule has 1 amide bonds. The molecule has 2 aromatic heterocycles. The second kappa shape index (κ2) is 7.45. The lowest BCUT2D eigenvalue weighted by Crippen LogP contribution is -3.08. The third-order valence-corrected chi connectivity index (χ3v) is 4.01. The van der Waals surface area contributed by atoms with Gasteiger partial charge >= 0.3 is 0 Å². The number of likely N-dealkylation sites (N-methyl/N-ethyl adjacent to an activating group) is 1. The number of nitrogens with one attached hydrogen (secondary N) is 2. The van der Waals surface area contributed by atoms with Gasteiger partial charge in [0.1, 0.15) is 23.7 Å². The Balaban J connectivity index is 1.67. The predicted octanol–water partition coefficient (Wildman–Crippen LogP) is 0.795. The number of carbonyl (C=O) groups excluding carboxylic acids is 1. The molecule has 0 bridgehead atoms. The van der Waals surface area contributed by atoms with Gasteiger partial charge in [-0.25, -0.2) is 9.37 Å². The van der Waals surface area contributed by atoms with Crippen molar-refractivity contribution < 1.29 is 14.1 Å². The maximum Gasteiger partial charge on any atom is 0.279 e. The van der Waals surface area contributed by atoms with Gasteiger partial charge in [-0.1, -0.05) is 6.07 Å². The molecule has 1 unspecified atom stereocenters. The van der Waals surface area contributed by atoms with Crippen LogP contribution in [0.15, 0.2) is 53.3 Å². The van der Waals surface area contributed by atoms with E-state index in [0.717, 1.165) is 10.6 Å². The van der Waals surface area contributed by atoms with E-state index in [-0.39, 0.29) is 23.8 Å². The normalized spacial score (nSPS) is 12.1. The molecule has 7 heteroatoms. The highest BCUT2D eigenvalue weighted by atomic mass is 19.1. The molecule has 1 atom stereocenters. The molecule has 0 saturated carbocycles. The number of anilines is 1. The molecule has 0 fully saturated rings. The predicted molar refractivity (Wildman–Crippen MR) is 96.7 cm³/mol. The number of nitrogens with zero attached hydrogens (tertiary/aromatic N) is 2. The SMILES string of the molecule is Cc1cccc2nc(C[NH+](C)CC(=O)Nc3ccc(F)cc3)cc(=O)n12. The van der Waals surface area contributed by atoms with Crippen LogP contribution in [0, 0.1) is 12.7 Å². The van der Waals surface area contributed by atoms with Crippen LogP contribution in [-0.4, -0.2) is 28.9 Å². The average Bonchev–Trinajstić information content (AvgIpc) is 2.56. The van der Waals surface area contributed by atoms with Crippen LogP contribution >= 0.6 is 0 Å². The first-order chi connectivity index (χ1) is 12.4. The van der Waals surface area contributed by atoms with Gasteiger partial charge in [0.15, 0.2) is 6.54 Å². The summed E-state index contributed by atoms with van der Waals surface area (Å²) in [5.41, 5.74) is 2.46. The zero-order valence-corrected chi connectivity index (χ0v) is 14.6. The van der Waals surface area contributed by atoms with Crippen molar-refractivity contribution in [2.45, 2.75) is 13.5 Å². The molecular weight excluding hydrogens is 335 g/mol. The van der Waals surface area contributed by atoms with Crippen LogP contribution in [0.5, 0.6) is 0 Å².